The molecule has 2 heteroatoms. The van der Waals surface area contributed by atoms with Crippen LogP contribution in [0.1, 0.15) is 53.4 Å². The number of carbonyl (C=O) groups excluding carboxylic acids is 1. The van der Waals surface area contributed by atoms with Crippen molar-refractivity contribution >= 4 is 5.97 Å². The van der Waals surface area contributed by atoms with Crippen molar-refractivity contribution in [2.45, 2.75) is 53.4 Å². The SMILES string of the molecule is C\C=C1/CCCC/C1=C\C(C)=C\C=C\C(C)=C\C(=O)OCC. The highest BCUT2D eigenvalue weighted by Gasteiger charge is 2.10. The highest BCUT2D eigenvalue weighted by atomic mass is 16.5. The van der Waals surface area contributed by atoms with Gasteiger partial charge in [-0.25, -0.2) is 4.79 Å². The summed E-state index contributed by atoms with van der Waals surface area (Å²) in [5.41, 5.74) is 5.08. The van der Waals surface area contributed by atoms with E-state index in [9.17, 15) is 4.79 Å². The predicted molar refractivity (Wildman–Crippen MR) is 93.6 cm³/mol. The Hall–Kier alpha value is -1.83. The Bertz CT molecular complexity index is 528. The first-order valence-electron chi connectivity index (χ1n) is 8.13. The number of rotatable bonds is 5. The summed E-state index contributed by atoms with van der Waals surface area (Å²) in [5.74, 6) is -0.285. The van der Waals surface area contributed by atoms with E-state index in [0.29, 0.717) is 6.61 Å². The fourth-order valence-corrected chi connectivity index (χ4v) is 2.54. The van der Waals surface area contributed by atoms with Gasteiger partial charge in [-0.05, 0) is 70.1 Å². The molecule has 0 bridgehead atoms. The number of allylic oxidation sites excluding steroid dienone is 9. The van der Waals surface area contributed by atoms with Crippen molar-refractivity contribution in [2.75, 3.05) is 6.61 Å². The van der Waals surface area contributed by atoms with Gasteiger partial charge >= 0.3 is 5.97 Å². The summed E-state index contributed by atoms with van der Waals surface area (Å²) in [6, 6.07) is 0. The molecule has 0 N–H and O–H groups in total. The molecule has 1 fully saturated rings. The van der Waals surface area contributed by atoms with Crippen molar-refractivity contribution in [2.24, 2.45) is 0 Å². The standard InChI is InChI=1S/C20H28O2/c1-5-18-12-7-8-13-19(18)14-16(3)10-9-11-17(4)15-20(21)22-6-2/h5,9-11,14-15H,6-8,12-13H2,1-4H3/b11-9+,16-10+,17-15+,18-5+,19-14+. The molecule has 22 heavy (non-hydrogen) atoms. The Morgan fingerprint density at radius 3 is 2.45 bits per heavy atom. The van der Waals surface area contributed by atoms with Crippen molar-refractivity contribution in [3.05, 3.63) is 58.7 Å². The van der Waals surface area contributed by atoms with Crippen LogP contribution in [-0.2, 0) is 9.53 Å². The Balaban J connectivity index is 2.69. The van der Waals surface area contributed by atoms with Gasteiger partial charge in [-0.15, -0.1) is 0 Å². The summed E-state index contributed by atoms with van der Waals surface area (Å²) in [6.45, 7) is 8.35. The maximum Gasteiger partial charge on any atom is 0.330 e. The van der Waals surface area contributed by atoms with Crippen LogP contribution in [-0.4, -0.2) is 12.6 Å². The predicted octanol–water partition coefficient (Wildman–Crippen LogP) is 5.45. The second-order valence-corrected chi connectivity index (χ2v) is 5.60. The van der Waals surface area contributed by atoms with Gasteiger partial charge < -0.3 is 4.74 Å². The number of carbonyl (C=O) groups is 1. The lowest BCUT2D eigenvalue weighted by Crippen LogP contribution is -1.99. The van der Waals surface area contributed by atoms with E-state index in [1.54, 1.807) is 6.92 Å². The van der Waals surface area contributed by atoms with Crippen LogP contribution in [0.4, 0.5) is 0 Å². The molecule has 0 spiro atoms. The topological polar surface area (TPSA) is 26.3 Å². The minimum Gasteiger partial charge on any atom is -0.463 e. The average molecular weight is 300 g/mol. The summed E-state index contributed by atoms with van der Waals surface area (Å²) < 4.78 is 4.88. The van der Waals surface area contributed by atoms with E-state index < -0.39 is 0 Å². The van der Waals surface area contributed by atoms with Crippen molar-refractivity contribution in [1.29, 1.82) is 0 Å². The lowest BCUT2D eigenvalue weighted by Gasteiger charge is -2.18. The highest BCUT2D eigenvalue weighted by Crippen LogP contribution is 2.29. The molecule has 0 unspecified atom stereocenters. The molecule has 0 aromatic heterocycles. The first-order valence-corrected chi connectivity index (χ1v) is 8.13. The fraction of sp³-hybridized carbons (Fsp3) is 0.450. The number of esters is 1. The zero-order chi connectivity index (χ0) is 16.4. The Kier molecular flexibility index (Phi) is 8.27. The molecular weight excluding hydrogens is 272 g/mol. The molecule has 0 aliphatic heterocycles. The van der Waals surface area contributed by atoms with Gasteiger partial charge in [-0.1, -0.05) is 36.0 Å². The molecule has 1 rings (SSSR count). The Morgan fingerprint density at radius 1 is 1.14 bits per heavy atom. The van der Waals surface area contributed by atoms with Gasteiger partial charge in [0.2, 0.25) is 0 Å². The molecule has 1 aliphatic carbocycles. The van der Waals surface area contributed by atoms with E-state index in [4.69, 9.17) is 4.74 Å². The molecule has 2 nitrogen and oxygen atoms in total. The van der Waals surface area contributed by atoms with Crippen molar-refractivity contribution in [3.8, 4) is 0 Å². The van der Waals surface area contributed by atoms with Gasteiger partial charge in [0, 0.05) is 6.08 Å². The third-order valence-electron chi connectivity index (χ3n) is 3.66. The first-order chi connectivity index (χ1) is 10.6. The first kappa shape index (κ1) is 18.2. The van der Waals surface area contributed by atoms with Gasteiger partial charge in [0.1, 0.15) is 0 Å². The van der Waals surface area contributed by atoms with Crippen molar-refractivity contribution < 1.29 is 9.53 Å². The molecule has 120 valence electrons. The largest absolute Gasteiger partial charge is 0.463 e. The second kappa shape index (κ2) is 9.99. The van der Waals surface area contributed by atoms with Gasteiger partial charge in [-0.2, -0.15) is 0 Å². The summed E-state index contributed by atoms with van der Waals surface area (Å²) in [6.07, 6.45) is 17.0. The smallest absolute Gasteiger partial charge is 0.330 e. The monoisotopic (exact) mass is 300 g/mol. The van der Waals surface area contributed by atoms with Crippen LogP contribution in [0.15, 0.2) is 58.7 Å². The van der Waals surface area contributed by atoms with E-state index in [2.05, 4.69) is 32.1 Å². The van der Waals surface area contributed by atoms with Crippen LogP contribution < -0.4 is 0 Å². The maximum absolute atomic E-state index is 11.3. The van der Waals surface area contributed by atoms with Crippen LogP contribution in [0.2, 0.25) is 0 Å². The van der Waals surface area contributed by atoms with Crippen molar-refractivity contribution in [3.63, 3.8) is 0 Å². The van der Waals surface area contributed by atoms with Gasteiger partial charge in [-0.3, -0.25) is 0 Å². The lowest BCUT2D eigenvalue weighted by molar-refractivity contribution is -0.137. The van der Waals surface area contributed by atoms with E-state index in [1.807, 2.05) is 19.1 Å². The lowest BCUT2D eigenvalue weighted by atomic mass is 9.88. The molecule has 0 amide bonds. The summed E-state index contributed by atoms with van der Waals surface area (Å²) in [5, 5.41) is 0. The third-order valence-corrected chi connectivity index (χ3v) is 3.66. The second-order valence-electron chi connectivity index (χ2n) is 5.60. The zero-order valence-electron chi connectivity index (χ0n) is 14.3. The number of hydrogen-bond donors (Lipinski definition) is 0. The van der Waals surface area contributed by atoms with E-state index in [-0.39, 0.29) is 5.97 Å². The molecule has 1 saturated carbocycles. The van der Waals surface area contributed by atoms with Crippen LogP contribution in [0.5, 0.6) is 0 Å². The molecule has 0 aromatic carbocycles. The molecule has 0 atom stereocenters. The molecule has 0 aromatic rings. The molecule has 1 aliphatic rings. The van der Waals surface area contributed by atoms with Crippen molar-refractivity contribution in [1.82, 2.24) is 0 Å². The molecule has 0 heterocycles. The van der Waals surface area contributed by atoms with Crippen LogP contribution in [0, 0.1) is 0 Å². The van der Waals surface area contributed by atoms with Gasteiger partial charge in [0.05, 0.1) is 6.61 Å². The van der Waals surface area contributed by atoms with Crippen LogP contribution >= 0.6 is 0 Å². The fourth-order valence-electron chi connectivity index (χ4n) is 2.54. The van der Waals surface area contributed by atoms with Gasteiger partial charge in [0.25, 0.3) is 0 Å². The minimum atomic E-state index is -0.285. The van der Waals surface area contributed by atoms with Crippen LogP contribution in [0.3, 0.4) is 0 Å². The molecule has 0 saturated heterocycles. The van der Waals surface area contributed by atoms with Gasteiger partial charge in [0.15, 0.2) is 0 Å². The van der Waals surface area contributed by atoms with E-state index >= 15 is 0 Å². The third kappa shape index (κ3) is 6.75. The Morgan fingerprint density at radius 2 is 1.82 bits per heavy atom. The number of ether oxygens (including phenoxy) is 1. The summed E-state index contributed by atoms with van der Waals surface area (Å²) >= 11 is 0. The molecule has 0 radical (unpaired) electrons. The average Bonchev–Trinajstić information content (AvgIpc) is 2.47. The normalized spacial score (nSPS) is 20.9. The highest BCUT2D eigenvalue weighted by molar-refractivity contribution is 5.83. The summed E-state index contributed by atoms with van der Waals surface area (Å²) in [4.78, 5) is 11.3. The van der Waals surface area contributed by atoms with Crippen LogP contribution in [0.25, 0.3) is 0 Å². The van der Waals surface area contributed by atoms with E-state index in [1.165, 1.54) is 48.5 Å². The minimum absolute atomic E-state index is 0.285. The number of hydrogen-bond acceptors (Lipinski definition) is 2. The van der Waals surface area contributed by atoms with E-state index in [0.717, 1.165) is 5.57 Å². The maximum atomic E-state index is 11.3. The quantitative estimate of drug-likeness (QED) is 0.383. The Labute approximate surface area is 134 Å². The summed E-state index contributed by atoms with van der Waals surface area (Å²) in [7, 11) is 0. The molecular formula is C20H28O2. The zero-order valence-corrected chi connectivity index (χ0v) is 14.3.